The van der Waals surface area contributed by atoms with Crippen molar-refractivity contribution in [3.63, 3.8) is 0 Å². The molecular weight excluding hydrogens is 182 g/mol. The zero-order valence-electron chi connectivity index (χ0n) is 8.71. The van der Waals surface area contributed by atoms with Crippen LogP contribution in [-0.2, 0) is 8.85 Å². The number of nitrogens with one attached hydrogen (secondary N) is 1. The molecule has 0 bridgehead atoms. The molecule has 1 aliphatic rings. The third-order valence-corrected chi connectivity index (χ3v) is 3.70. The van der Waals surface area contributed by atoms with Crippen LogP contribution in [-0.4, -0.2) is 36.6 Å². The summed E-state index contributed by atoms with van der Waals surface area (Å²) in [5, 5.41) is 3.11. The highest BCUT2D eigenvalue weighted by Gasteiger charge is 2.05. The molecule has 0 amide bonds. The second-order valence-corrected chi connectivity index (χ2v) is 5.25. The van der Waals surface area contributed by atoms with E-state index in [0.29, 0.717) is 0 Å². The molecule has 0 atom stereocenters. The molecule has 0 aromatic heterocycles. The summed E-state index contributed by atoms with van der Waals surface area (Å²) >= 11 is 0. The molecule has 13 heavy (non-hydrogen) atoms. The molecule has 0 aliphatic carbocycles. The first-order chi connectivity index (χ1) is 6.35. The number of hydrogen-bond acceptors (Lipinski definition) is 3. The molecule has 0 radical (unpaired) electrons. The Kier molecular flexibility index (Phi) is 9.80. The Hall–Kier alpha value is -0.163. The first-order valence-corrected chi connectivity index (χ1v) is 6.48. The summed E-state index contributed by atoms with van der Waals surface area (Å²) in [6.45, 7) is 6.11. The molecule has 78 valence electrons. The Balaban J connectivity index is 0.000000293. The van der Waals surface area contributed by atoms with Gasteiger partial charge in [-0.1, -0.05) is 6.08 Å². The minimum absolute atomic E-state index is 0.999. The lowest BCUT2D eigenvalue weighted by Crippen LogP contribution is -2.29. The van der Waals surface area contributed by atoms with Crippen LogP contribution < -0.4 is 5.32 Å². The standard InChI is InChI=1S/C6H14O2Si.C3H7N/c1-4-5-6-9(7-2)8-3;1-2-4-3-1/h4,9H,1,5-6H2,2-3H3;4H,1-3H2. The lowest BCUT2D eigenvalue weighted by Gasteiger charge is -2.09. The van der Waals surface area contributed by atoms with E-state index in [4.69, 9.17) is 8.85 Å². The van der Waals surface area contributed by atoms with Gasteiger partial charge in [-0.3, -0.25) is 0 Å². The molecule has 1 aliphatic heterocycles. The largest absolute Gasteiger partial charge is 0.400 e. The van der Waals surface area contributed by atoms with Crippen molar-refractivity contribution < 1.29 is 8.85 Å². The molecule has 0 saturated carbocycles. The van der Waals surface area contributed by atoms with Gasteiger partial charge in [-0.05, 0) is 32.0 Å². The van der Waals surface area contributed by atoms with E-state index in [-0.39, 0.29) is 0 Å². The molecule has 0 unspecified atom stereocenters. The van der Waals surface area contributed by atoms with Crippen LogP contribution in [0.2, 0.25) is 6.04 Å². The Morgan fingerprint density at radius 1 is 1.38 bits per heavy atom. The van der Waals surface area contributed by atoms with Gasteiger partial charge in [-0.2, -0.15) is 0 Å². The van der Waals surface area contributed by atoms with E-state index in [0.717, 1.165) is 12.5 Å². The van der Waals surface area contributed by atoms with E-state index >= 15 is 0 Å². The Bertz CT molecular complexity index is 110. The first-order valence-electron chi connectivity index (χ1n) is 4.72. The summed E-state index contributed by atoms with van der Waals surface area (Å²) in [5.41, 5.74) is 0. The summed E-state index contributed by atoms with van der Waals surface area (Å²) in [5.74, 6) is 0. The van der Waals surface area contributed by atoms with Crippen LogP contribution in [0.5, 0.6) is 0 Å². The summed E-state index contributed by atoms with van der Waals surface area (Å²) in [7, 11) is 2.11. The molecule has 1 fully saturated rings. The van der Waals surface area contributed by atoms with Crippen molar-refractivity contribution in [1.82, 2.24) is 5.32 Å². The number of rotatable bonds is 5. The van der Waals surface area contributed by atoms with E-state index in [2.05, 4.69) is 11.9 Å². The summed E-state index contributed by atoms with van der Waals surface area (Å²) in [6, 6.07) is 1.02. The Morgan fingerprint density at radius 2 is 1.85 bits per heavy atom. The SMILES string of the molecule is C1CNC1.C=CCC[SiH](OC)OC. The molecule has 1 heterocycles. The van der Waals surface area contributed by atoms with Gasteiger partial charge in [-0.15, -0.1) is 6.58 Å². The zero-order chi connectivity index (χ0) is 9.94. The fraction of sp³-hybridized carbons (Fsp3) is 0.778. The van der Waals surface area contributed by atoms with Gasteiger partial charge in [0.15, 0.2) is 0 Å². The summed E-state index contributed by atoms with van der Waals surface area (Å²) in [4.78, 5) is 0. The van der Waals surface area contributed by atoms with Gasteiger partial charge in [0.1, 0.15) is 0 Å². The lowest BCUT2D eigenvalue weighted by molar-refractivity contribution is 0.278. The van der Waals surface area contributed by atoms with Crippen LogP contribution in [0.1, 0.15) is 12.8 Å². The average Bonchev–Trinajstić information content (AvgIpc) is 2.04. The van der Waals surface area contributed by atoms with Crippen molar-refractivity contribution in [2.24, 2.45) is 0 Å². The van der Waals surface area contributed by atoms with Gasteiger partial charge in [0.25, 0.3) is 0 Å². The molecular formula is C9H21NO2Si. The molecule has 1 saturated heterocycles. The summed E-state index contributed by atoms with van der Waals surface area (Å²) in [6.07, 6.45) is 4.27. The van der Waals surface area contributed by atoms with Crippen molar-refractivity contribution in [2.75, 3.05) is 27.3 Å². The predicted molar refractivity (Wildman–Crippen MR) is 58.3 cm³/mol. The third-order valence-electron chi connectivity index (χ3n) is 1.84. The summed E-state index contributed by atoms with van der Waals surface area (Å²) < 4.78 is 10.1. The van der Waals surface area contributed by atoms with Crippen molar-refractivity contribution in [2.45, 2.75) is 18.9 Å². The highest BCUT2D eigenvalue weighted by molar-refractivity contribution is 6.44. The van der Waals surface area contributed by atoms with E-state index < -0.39 is 9.28 Å². The van der Waals surface area contributed by atoms with Gasteiger partial charge in [0.05, 0.1) is 0 Å². The van der Waals surface area contributed by atoms with E-state index in [1.54, 1.807) is 14.2 Å². The normalized spacial score (nSPS) is 14.4. The molecule has 0 aromatic rings. The first kappa shape index (κ1) is 12.8. The highest BCUT2D eigenvalue weighted by Crippen LogP contribution is 1.98. The second kappa shape index (κ2) is 9.92. The minimum atomic E-state index is -1.28. The third kappa shape index (κ3) is 8.17. The van der Waals surface area contributed by atoms with Gasteiger partial charge in [0, 0.05) is 14.2 Å². The van der Waals surface area contributed by atoms with E-state index in [1.165, 1.54) is 19.5 Å². The van der Waals surface area contributed by atoms with E-state index in [1.807, 2.05) is 6.08 Å². The van der Waals surface area contributed by atoms with Crippen LogP contribution in [0.25, 0.3) is 0 Å². The van der Waals surface area contributed by atoms with Crippen molar-refractivity contribution in [1.29, 1.82) is 0 Å². The Labute approximate surface area is 83.0 Å². The number of allylic oxidation sites excluding steroid dienone is 1. The molecule has 0 aromatic carbocycles. The topological polar surface area (TPSA) is 30.5 Å². The fourth-order valence-electron chi connectivity index (χ4n) is 0.763. The van der Waals surface area contributed by atoms with Gasteiger partial charge in [0.2, 0.25) is 0 Å². The van der Waals surface area contributed by atoms with Crippen LogP contribution in [0, 0.1) is 0 Å². The molecule has 1 N–H and O–H groups in total. The predicted octanol–water partition coefficient (Wildman–Crippen LogP) is 1.06. The Morgan fingerprint density at radius 3 is 2.08 bits per heavy atom. The zero-order valence-corrected chi connectivity index (χ0v) is 9.87. The number of hydrogen-bond donors (Lipinski definition) is 1. The van der Waals surface area contributed by atoms with Crippen molar-refractivity contribution in [3.8, 4) is 0 Å². The quantitative estimate of drug-likeness (QED) is 0.535. The van der Waals surface area contributed by atoms with Crippen LogP contribution in [0.4, 0.5) is 0 Å². The molecule has 0 spiro atoms. The maximum atomic E-state index is 5.07. The maximum Gasteiger partial charge on any atom is 0.321 e. The smallest absolute Gasteiger partial charge is 0.321 e. The van der Waals surface area contributed by atoms with Gasteiger partial charge < -0.3 is 14.2 Å². The van der Waals surface area contributed by atoms with Gasteiger partial charge in [-0.25, -0.2) is 0 Å². The highest BCUT2D eigenvalue weighted by atomic mass is 28.3. The second-order valence-electron chi connectivity index (χ2n) is 2.87. The van der Waals surface area contributed by atoms with Crippen LogP contribution in [0.3, 0.4) is 0 Å². The van der Waals surface area contributed by atoms with Gasteiger partial charge >= 0.3 is 9.28 Å². The monoisotopic (exact) mass is 203 g/mol. The molecule has 4 heteroatoms. The maximum absolute atomic E-state index is 5.07. The average molecular weight is 203 g/mol. The van der Waals surface area contributed by atoms with E-state index in [9.17, 15) is 0 Å². The van der Waals surface area contributed by atoms with Crippen molar-refractivity contribution >= 4 is 9.28 Å². The molecule has 3 nitrogen and oxygen atoms in total. The van der Waals surface area contributed by atoms with Crippen LogP contribution >= 0.6 is 0 Å². The minimum Gasteiger partial charge on any atom is -0.400 e. The molecule has 1 rings (SSSR count). The fourth-order valence-corrected chi connectivity index (χ4v) is 1.93. The van der Waals surface area contributed by atoms with Crippen molar-refractivity contribution in [3.05, 3.63) is 12.7 Å². The van der Waals surface area contributed by atoms with Crippen LogP contribution in [0.15, 0.2) is 12.7 Å². The lowest BCUT2D eigenvalue weighted by atomic mass is 10.3.